The molecule has 112 valence electrons. The summed E-state index contributed by atoms with van der Waals surface area (Å²) in [5.41, 5.74) is 1.60. The zero-order chi connectivity index (χ0) is 14.7. The number of aromatic amines is 1. The van der Waals surface area contributed by atoms with E-state index in [4.69, 9.17) is 0 Å². The second kappa shape index (κ2) is 6.16. The maximum absolute atomic E-state index is 12.1. The minimum absolute atomic E-state index is 0.122. The average molecular weight is 287 g/mol. The van der Waals surface area contributed by atoms with Crippen molar-refractivity contribution in [3.8, 4) is 0 Å². The first-order valence-electron chi connectivity index (χ1n) is 7.71. The highest BCUT2D eigenvalue weighted by Crippen LogP contribution is 2.23. The molecule has 5 heteroatoms. The maximum Gasteiger partial charge on any atom is 0.326 e. The summed E-state index contributed by atoms with van der Waals surface area (Å²) in [5, 5.41) is 2.97. The molecule has 1 aromatic carbocycles. The molecular weight excluding hydrogens is 266 g/mol. The number of rotatable bonds is 4. The van der Waals surface area contributed by atoms with Gasteiger partial charge in [-0.25, -0.2) is 4.79 Å². The van der Waals surface area contributed by atoms with E-state index < -0.39 is 0 Å². The largest absolute Gasteiger partial charge is 0.354 e. The van der Waals surface area contributed by atoms with Gasteiger partial charge in [-0.3, -0.25) is 9.36 Å². The number of para-hydroxylation sites is 2. The van der Waals surface area contributed by atoms with Gasteiger partial charge in [0.05, 0.1) is 11.0 Å². The van der Waals surface area contributed by atoms with E-state index in [2.05, 4.69) is 10.3 Å². The Morgan fingerprint density at radius 3 is 2.81 bits per heavy atom. The van der Waals surface area contributed by atoms with Gasteiger partial charge in [0.15, 0.2) is 0 Å². The van der Waals surface area contributed by atoms with E-state index in [0.717, 1.165) is 36.7 Å². The molecule has 0 aliphatic heterocycles. The molecule has 1 aliphatic carbocycles. The molecule has 1 heterocycles. The first-order chi connectivity index (χ1) is 10.3. The first kappa shape index (κ1) is 13.9. The van der Waals surface area contributed by atoms with Crippen LogP contribution in [0.1, 0.15) is 32.1 Å². The molecule has 0 saturated heterocycles. The molecule has 3 rings (SSSR count). The van der Waals surface area contributed by atoms with E-state index in [1.807, 2.05) is 24.3 Å². The van der Waals surface area contributed by atoms with Crippen molar-refractivity contribution in [1.29, 1.82) is 0 Å². The van der Waals surface area contributed by atoms with E-state index in [0.29, 0.717) is 13.1 Å². The van der Waals surface area contributed by atoms with Gasteiger partial charge in [-0.15, -0.1) is 0 Å². The molecule has 0 bridgehead atoms. The standard InChI is InChI=1S/C16H21N3O2/c20-15(12-6-2-1-3-7-12)17-10-11-19-14-9-5-4-8-13(14)18-16(19)21/h4-5,8-9,12H,1-3,6-7,10-11H2,(H,17,20)(H,18,21). The van der Waals surface area contributed by atoms with Crippen LogP contribution in [-0.4, -0.2) is 22.0 Å². The second-order valence-electron chi connectivity index (χ2n) is 5.72. The highest BCUT2D eigenvalue weighted by molar-refractivity contribution is 5.78. The highest BCUT2D eigenvalue weighted by Gasteiger charge is 2.20. The molecule has 0 atom stereocenters. The third-order valence-electron chi connectivity index (χ3n) is 4.29. The van der Waals surface area contributed by atoms with Gasteiger partial charge in [-0.05, 0) is 25.0 Å². The third-order valence-corrected chi connectivity index (χ3v) is 4.29. The summed E-state index contributed by atoms with van der Waals surface area (Å²) in [7, 11) is 0. The summed E-state index contributed by atoms with van der Waals surface area (Å²) in [6.45, 7) is 0.998. The molecule has 1 aromatic heterocycles. The van der Waals surface area contributed by atoms with Crippen molar-refractivity contribution in [2.24, 2.45) is 5.92 Å². The lowest BCUT2D eigenvalue weighted by Crippen LogP contribution is -2.35. The van der Waals surface area contributed by atoms with Crippen LogP contribution in [0.2, 0.25) is 0 Å². The number of imidazole rings is 1. The SMILES string of the molecule is O=C(NCCn1c(=O)[nH]c2ccccc21)C1CCCCC1. The number of nitrogens with one attached hydrogen (secondary N) is 2. The molecule has 2 aromatic rings. The van der Waals surface area contributed by atoms with Crippen LogP contribution in [0.5, 0.6) is 0 Å². The van der Waals surface area contributed by atoms with Gasteiger partial charge in [0.2, 0.25) is 5.91 Å². The third kappa shape index (κ3) is 3.01. The van der Waals surface area contributed by atoms with Gasteiger partial charge in [0, 0.05) is 19.0 Å². The summed E-state index contributed by atoms with van der Waals surface area (Å²) < 4.78 is 1.68. The maximum atomic E-state index is 12.1. The van der Waals surface area contributed by atoms with Crippen LogP contribution in [0.25, 0.3) is 11.0 Å². The summed E-state index contributed by atoms with van der Waals surface area (Å²) in [6, 6.07) is 7.60. The first-order valence-corrected chi connectivity index (χ1v) is 7.71. The van der Waals surface area contributed by atoms with Crippen LogP contribution in [0, 0.1) is 5.92 Å². The van der Waals surface area contributed by atoms with Crippen molar-refractivity contribution >= 4 is 16.9 Å². The highest BCUT2D eigenvalue weighted by atomic mass is 16.2. The molecule has 1 saturated carbocycles. The molecule has 1 fully saturated rings. The molecule has 0 unspecified atom stereocenters. The topological polar surface area (TPSA) is 66.9 Å². The monoisotopic (exact) mass is 287 g/mol. The normalized spacial score (nSPS) is 16.2. The fourth-order valence-corrected chi connectivity index (χ4v) is 3.13. The molecule has 21 heavy (non-hydrogen) atoms. The number of aromatic nitrogens is 2. The predicted molar refractivity (Wildman–Crippen MR) is 82.1 cm³/mol. The van der Waals surface area contributed by atoms with E-state index in [1.165, 1.54) is 6.42 Å². The molecule has 2 N–H and O–H groups in total. The Labute approximate surface area is 123 Å². The van der Waals surface area contributed by atoms with Crippen LogP contribution in [-0.2, 0) is 11.3 Å². The molecule has 1 aliphatic rings. The molecule has 5 nitrogen and oxygen atoms in total. The Morgan fingerprint density at radius 2 is 2.00 bits per heavy atom. The van der Waals surface area contributed by atoms with Crippen molar-refractivity contribution in [3.63, 3.8) is 0 Å². The summed E-state index contributed by atoms with van der Waals surface area (Å²) in [4.78, 5) is 26.8. The summed E-state index contributed by atoms with van der Waals surface area (Å²) in [6.07, 6.45) is 5.55. The lowest BCUT2D eigenvalue weighted by atomic mass is 9.89. The number of carbonyl (C=O) groups excluding carboxylic acids is 1. The van der Waals surface area contributed by atoms with Crippen LogP contribution in [0.3, 0.4) is 0 Å². The van der Waals surface area contributed by atoms with Gasteiger partial charge in [-0.1, -0.05) is 31.4 Å². The lowest BCUT2D eigenvalue weighted by molar-refractivity contribution is -0.125. The smallest absolute Gasteiger partial charge is 0.326 e. The average Bonchev–Trinajstić information content (AvgIpc) is 2.84. The van der Waals surface area contributed by atoms with Gasteiger partial charge < -0.3 is 10.3 Å². The Kier molecular flexibility index (Phi) is 4.08. The lowest BCUT2D eigenvalue weighted by Gasteiger charge is -2.20. The minimum atomic E-state index is -0.122. The van der Waals surface area contributed by atoms with Crippen molar-refractivity contribution in [2.45, 2.75) is 38.6 Å². The fraction of sp³-hybridized carbons (Fsp3) is 0.500. The Hall–Kier alpha value is -2.04. The van der Waals surface area contributed by atoms with Gasteiger partial charge in [-0.2, -0.15) is 0 Å². The molecule has 0 radical (unpaired) electrons. The molecule has 0 spiro atoms. The van der Waals surface area contributed by atoms with Crippen LogP contribution in [0.15, 0.2) is 29.1 Å². The van der Waals surface area contributed by atoms with E-state index in [9.17, 15) is 9.59 Å². The number of hydrogen-bond donors (Lipinski definition) is 2. The minimum Gasteiger partial charge on any atom is -0.354 e. The van der Waals surface area contributed by atoms with E-state index >= 15 is 0 Å². The zero-order valence-corrected chi connectivity index (χ0v) is 12.1. The van der Waals surface area contributed by atoms with Crippen molar-refractivity contribution < 1.29 is 4.79 Å². The zero-order valence-electron chi connectivity index (χ0n) is 12.1. The van der Waals surface area contributed by atoms with Crippen molar-refractivity contribution in [3.05, 3.63) is 34.7 Å². The fourth-order valence-electron chi connectivity index (χ4n) is 3.13. The number of fused-ring (bicyclic) bond motifs is 1. The quantitative estimate of drug-likeness (QED) is 0.903. The Balaban J connectivity index is 1.60. The van der Waals surface area contributed by atoms with Gasteiger partial charge in [0.1, 0.15) is 0 Å². The molecular formula is C16H21N3O2. The number of benzene rings is 1. The van der Waals surface area contributed by atoms with E-state index in [-0.39, 0.29) is 17.5 Å². The Morgan fingerprint density at radius 1 is 1.24 bits per heavy atom. The van der Waals surface area contributed by atoms with Crippen molar-refractivity contribution in [1.82, 2.24) is 14.9 Å². The number of carbonyl (C=O) groups is 1. The summed E-state index contributed by atoms with van der Waals surface area (Å²) in [5.74, 6) is 0.307. The van der Waals surface area contributed by atoms with Crippen molar-refractivity contribution in [2.75, 3.05) is 6.54 Å². The van der Waals surface area contributed by atoms with Gasteiger partial charge >= 0.3 is 5.69 Å². The number of nitrogens with zero attached hydrogens (tertiary/aromatic N) is 1. The van der Waals surface area contributed by atoms with Crippen LogP contribution >= 0.6 is 0 Å². The molecule has 1 amide bonds. The number of amides is 1. The van der Waals surface area contributed by atoms with Crippen LogP contribution in [0.4, 0.5) is 0 Å². The van der Waals surface area contributed by atoms with E-state index in [1.54, 1.807) is 4.57 Å². The number of H-pyrrole nitrogens is 1. The predicted octanol–water partition coefficient (Wildman–Crippen LogP) is 2.03. The van der Waals surface area contributed by atoms with Gasteiger partial charge in [0.25, 0.3) is 0 Å². The second-order valence-corrected chi connectivity index (χ2v) is 5.72. The summed E-state index contributed by atoms with van der Waals surface area (Å²) >= 11 is 0. The van der Waals surface area contributed by atoms with Crippen LogP contribution < -0.4 is 11.0 Å². The Bertz CT molecular complexity index is 680. The number of hydrogen-bond acceptors (Lipinski definition) is 2.